The zero-order valence-electron chi connectivity index (χ0n) is 11.2. The van der Waals surface area contributed by atoms with E-state index in [9.17, 15) is 8.42 Å². The maximum absolute atomic E-state index is 11.8. The fourth-order valence-corrected chi connectivity index (χ4v) is 2.70. The van der Waals surface area contributed by atoms with Gasteiger partial charge >= 0.3 is 0 Å². The number of aryl methyl sites for hydroxylation is 1. The lowest BCUT2D eigenvalue weighted by molar-refractivity contribution is 0.544. The van der Waals surface area contributed by atoms with Crippen LogP contribution in [0.5, 0.6) is 0 Å². The van der Waals surface area contributed by atoms with Gasteiger partial charge in [0.2, 0.25) is 10.0 Å². The molecule has 1 rings (SSSR count). The molecule has 0 aromatic carbocycles. The van der Waals surface area contributed by atoms with E-state index in [0.29, 0.717) is 12.4 Å². The summed E-state index contributed by atoms with van der Waals surface area (Å²) in [5.74, 6) is 0.642. The van der Waals surface area contributed by atoms with Crippen molar-refractivity contribution in [3.8, 4) is 0 Å². The van der Waals surface area contributed by atoms with Gasteiger partial charge in [-0.25, -0.2) is 13.1 Å². The van der Waals surface area contributed by atoms with Crippen LogP contribution in [0.2, 0.25) is 0 Å². The summed E-state index contributed by atoms with van der Waals surface area (Å²) in [7, 11) is -1.53. The number of hydrogen-bond acceptors (Lipinski definition) is 5. The molecule has 0 amide bonds. The van der Waals surface area contributed by atoms with Crippen molar-refractivity contribution in [1.82, 2.24) is 24.8 Å². The summed E-state index contributed by atoms with van der Waals surface area (Å²) >= 11 is 0. The van der Waals surface area contributed by atoms with Crippen LogP contribution in [0.25, 0.3) is 0 Å². The third-order valence-corrected chi connectivity index (χ3v) is 3.87. The molecule has 8 heteroatoms. The average molecular weight is 275 g/mol. The van der Waals surface area contributed by atoms with E-state index in [1.54, 1.807) is 24.9 Å². The van der Waals surface area contributed by atoms with Gasteiger partial charge in [-0.3, -0.25) is 0 Å². The SMILES string of the molecule is CC(C)NCCS(=O)(=O)NC(C)c1nncn1C. The molecule has 1 aromatic rings. The highest BCUT2D eigenvalue weighted by Crippen LogP contribution is 2.08. The zero-order chi connectivity index (χ0) is 13.8. The smallest absolute Gasteiger partial charge is 0.213 e. The van der Waals surface area contributed by atoms with Crippen molar-refractivity contribution < 1.29 is 8.42 Å². The van der Waals surface area contributed by atoms with Gasteiger partial charge in [-0.05, 0) is 6.92 Å². The van der Waals surface area contributed by atoms with Crippen LogP contribution in [0.15, 0.2) is 6.33 Å². The molecule has 7 nitrogen and oxygen atoms in total. The van der Waals surface area contributed by atoms with Crippen LogP contribution >= 0.6 is 0 Å². The van der Waals surface area contributed by atoms with Crippen LogP contribution in [-0.2, 0) is 17.1 Å². The molecule has 0 aliphatic carbocycles. The summed E-state index contributed by atoms with van der Waals surface area (Å²) in [5, 5.41) is 10.7. The molecule has 0 aliphatic heterocycles. The van der Waals surface area contributed by atoms with Crippen LogP contribution in [-0.4, -0.2) is 41.5 Å². The van der Waals surface area contributed by atoms with Crippen molar-refractivity contribution in [1.29, 1.82) is 0 Å². The van der Waals surface area contributed by atoms with Crippen molar-refractivity contribution in [3.05, 3.63) is 12.2 Å². The van der Waals surface area contributed by atoms with Gasteiger partial charge in [0.1, 0.15) is 12.2 Å². The second-order valence-corrected chi connectivity index (χ2v) is 6.44. The summed E-state index contributed by atoms with van der Waals surface area (Å²) in [6.07, 6.45) is 1.54. The largest absolute Gasteiger partial charge is 0.319 e. The normalized spacial score (nSPS) is 14.1. The molecule has 2 N–H and O–H groups in total. The van der Waals surface area contributed by atoms with E-state index in [0.717, 1.165) is 0 Å². The van der Waals surface area contributed by atoms with Gasteiger partial charge in [0.05, 0.1) is 11.8 Å². The Bertz CT molecular complexity index is 468. The molecule has 1 heterocycles. The number of aromatic nitrogens is 3. The molecule has 0 saturated heterocycles. The second-order valence-electron chi connectivity index (χ2n) is 4.57. The first kappa shape index (κ1) is 15.1. The van der Waals surface area contributed by atoms with Crippen LogP contribution in [0, 0.1) is 0 Å². The summed E-state index contributed by atoms with van der Waals surface area (Å²) in [4.78, 5) is 0. The summed E-state index contributed by atoms with van der Waals surface area (Å²) in [5.41, 5.74) is 0. The molecule has 0 bridgehead atoms. The second kappa shape index (κ2) is 6.26. The van der Waals surface area contributed by atoms with Crippen molar-refractivity contribution in [2.45, 2.75) is 32.9 Å². The van der Waals surface area contributed by atoms with E-state index in [2.05, 4.69) is 20.2 Å². The van der Waals surface area contributed by atoms with Gasteiger partial charge in [-0.2, -0.15) is 0 Å². The number of rotatable bonds is 7. The van der Waals surface area contributed by atoms with Crippen molar-refractivity contribution in [3.63, 3.8) is 0 Å². The first-order chi connectivity index (χ1) is 8.32. The molecule has 18 heavy (non-hydrogen) atoms. The first-order valence-corrected chi connectivity index (χ1v) is 7.54. The lowest BCUT2D eigenvalue weighted by Crippen LogP contribution is -2.36. The maximum atomic E-state index is 11.8. The number of nitrogens with zero attached hydrogens (tertiary/aromatic N) is 3. The molecule has 0 spiro atoms. The Kier molecular flexibility index (Phi) is 5.24. The van der Waals surface area contributed by atoms with Crippen LogP contribution in [0.3, 0.4) is 0 Å². The highest BCUT2D eigenvalue weighted by molar-refractivity contribution is 7.89. The Hall–Kier alpha value is -0.990. The van der Waals surface area contributed by atoms with Gasteiger partial charge in [0.25, 0.3) is 0 Å². The third kappa shape index (κ3) is 4.71. The quantitative estimate of drug-likeness (QED) is 0.719. The molecule has 0 radical (unpaired) electrons. The minimum Gasteiger partial charge on any atom is -0.319 e. The molecule has 0 saturated carbocycles. The molecule has 0 aliphatic rings. The lowest BCUT2D eigenvalue weighted by Gasteiger charge is -2.14. The van der Waals surface area contributed by atoms with Crippen LogP contribution < -0.4 is 10.0 Å². The number of hydrogen-bond donors (Lipinski definition) is 2. The molecule has 0 fully saturated rings. The Morgan fingerprint density at radius 2 is 2.06 bits per heavy atom. The van der Waals surface area contributed by atoms with Gasteiger partial charge in [-0.15, -0.1) is 10.2 Å². The fourth-order valence-electron chi connectivity index (χ4n) is 1.55. The van der Waals surface area contributed by atoms with E-state index in [1.807, 2.05) is 13.8 Å². The van der Waals surface area contributed by atoms with E-state index in [1.165, 1.54) is 0 Å². The van der Waals surface area contributed by atoms with Gasteiger partial charge in [0.15, 0.2) is 0 Å². The fraction of sp³-hybridized carbons (Fsp3) is 0.800. The molecular formula is C10H21N5O2S. The predicted octanol–water partition coefficient (Wildman–Crippen LogP) is -0.206. The van der Waals surface area contributed by atoms with Gasteiger partial charge in [-0.1, -0.05) is 13.8 Å². The van der Waals surface area contributed by atoms with Gasteiger partial charge in [0, 0.05) is 19.6 Å². The van der Waals surface area contributed by atoms with Crippen molar-refractivity contribution in [2.75, 3.05) is 12.3 Å². The first-order valence-electron chi connectivity index (χ1n) is 5.89. The monoisotopic (exact) mass is 275 g/mol. The van der Waals surface area contributed by atoms with Gasteiger partial charge < -0.3 is 9.88 Å². The average Bonchev–Trinajstić information content (AvgIpc) is 2.62. The summed E-state index contributed by atoms with van der Waals surface area (Å²) < 4.78 is 27.9. The molecule has 1 atom stereocenters. The Morgan fingerprint density at radius 1 is 1.39 bits per heavy atom. The lowest BCUT2D eigenvalue weighted by atomic mass is 10.3. The van der Waals surface area contributed by atoms with Crippen molar-refractivity contribution in [2.24, 2.45) is 7.05 Å². The molecular weight excluding hydrogens is 254 g/mol. The summed E-state index contributed by atoms with van der Waals surface area (Å²) in [6, 6.07) is -0.113. The molecule has 1 unspecified atom stereocenters. The minimum atomic E-state index is -3.31. The number of nitrogens with one attached hydrogen (secondary N) is 2. The van der Waals surface area contributed by atoms with Crippen LogP contribution in [0.4, 0.5) is 0 Å². The standard InChI is InChI=1S/C10H21N5O2S/c1-8(2)11-5-6-18(16,17)14-9(3)10-13-12-7-15(10)4/h7-9,11,14H,5-6H2,1-4H3. The van der Waals surface area contributed by atoms with E-state index < -0.39 is 10.0 Å². The topological polar surface area (TPSA) is 88.9 Å². The van der Waals surface area contributed by atoms with E-state index in [-0.39, 0.29) is 17.8 Å². The highest BCUT2D eigenvalue weighted by Gasteiger charge is 2.18. The zero-order valence-corrected chi connectivity index (χ0v) is 12.0. The van der Waals surface area contributed by atoms with Crippen molar-refractivity contribution >= 4 is 10.0 Å². The Morgan fingerprint density at radius 3 is 2.56 bits per heavy atom. The molecule has 1 aromatic heterocycles. The minimum absolute atomic E-state index is 0.0490. The molecule has 104 valence electrons. The Labute approximate surface area is 108 Å². The van der Waals surface area contributed by atoms with E-state index in [4.69, 9.17) is 0 Å². The maximum Gasteiger partial charge on any atom is 0.213 e. The summed E-state index contributed by atoms with van der Waals surface area (Å²) in [6.45, 7) is 6.13. The van der Waals surface area contributed by atoms with E-state index >= 15 is 0 Å². The Balaban J connectivity index is 2.53. The number of sulfonamides is 1. The third-order valence-electron chi connectivity index (χ3n) is 2.41. The predicted molar refractivity (Wildman–Crippen MR) is 69.5 cm³/mol. The highest BCUT2D eigenvalue weighted by atomic mass is 32.2. The van der Waals surface area contributed by atoms with Crippen LogP contribution in [0.1, 0.15) is 32.6 Å².